The molecule has 1 aliphatic rings. The quantitative estimate of drug-likeness (QED) is 0.367. The van der Waals surface area contributed by atoms with Crippen molar-refractivity contribution in [1.82, 2.24) is 20.2 Å². The van der Waals surface area contributed by atoms with E-state index in [9.17, 15) is 13.6 Å². The van der Waals surface area contributed by atoms with Gasteiger partial charge in [-0.25, -0.2) is 13.8 Å². The van der Waals surface area contributed by atoms with Crippen molar-refractivity contribution in [3.63, 3.8) is 0 Å². The van der Waals surface area contributed by atoms with Crippen molar-refractivity contribution in [2.75, 3.05) is 76.9 Å². The summed E-state index contributed by atoms with van der Waals surface area (Å²) in [5.74, 6) is -0.836. The largest absolute Gasteiger partial charge is 0.378 e. The van der Waals surface area contributed by atoms with Gasteiger partial charge in [0.25, 0.3) is 5.91 Å². The van der Waals surface area contributed by atoms with Crippen molar-refractivity contribution in [2.24, 2.45) is 0 Å². The highest BCUT2D eigenvalue weighted by Crippen LogP contribution is 2.29. The van der Waals surface area contributed by atoms with Crippen LogP contribution >= 0.6 is 0 Å². The molecule has 1 amide bonds. The van der Waals surface area contributed by atoms with Crippen LogP contribution in [0.5, 0.6) is 0 Å². The van der Waals surface area contributed by atoms with Gasteiger partial charge >= 0.3 is 0 Å². The number of aromatic nitrogens is 2. The fraction of sp³-hybridized carbons (Fsp3) is 0.444. The number of nitrogens with zero attached hydrogens (tertiary/aromatic N) is 4. The number of rotatable bonds is 11. The minimum absolute atomic E-state index is 0.187. The normalized spacial score (nSPS) is 14.5. The van der Waals surface area contributed by atoms with Crippen LogP contribution in [0.4, 0.5) is 20.3 Å². The summed E-state index contributed by atoms with van der Waals surface area (Å²) in [6, 6.07) is 6.34. The Morgan fingerprint density at radius 2 is 1.89 bits per heavy atom. The van der Waals surface area contributed by atoms with Crippen molar-refractivity contribution >= 4 is 28.4 Å². The Bertz CT molecular complexity index is 1230. The second-order valence-electron chi connectivity index (χ2n) is 9.23. The van der Waals surface area contributed by atoms with Crippen LogP contribution in [-0.2, 0) is 9.47 Å². The fourth-order valence-corrected chi connectivity index (χ4v) is 4.30. The average Bonchev–Trinajstić information content (AvgIpc) is 2.91. The predicted molar refractivity (Wildman–Crippen MR) is 143 cm³/mol. The lowest BCUT2D eigenvalue weighted by Gasteiger charge is -2.28. The van der Waals surface area contributed by atoms with E-state index in [1.54, 1.807) is 30.3 Å². The lowest BCUT2D eigenvalue weighted by Crippen LogP contribution is -2.36. The van der Waals surface area contributed by atoms with Crippen molar-refractivity contribution in [3.05, 3.63) is 59.3 Å². The molecular formula is C27H34F2N6O3. The third-order valence-electron chi connectivity index (χ3n) is 6.37. The topological polar surface area (TPSA) is 91.9 Å². The fourth-order valence-electron chi connectivity index (χ4n) is 4.30. The number of hydrogen-bond acceptors (Lipinski definition) is 8. The molecule has 2 aromatic carbocycles. The molecule has 4 rings (SSSR count). The summed E-state index contributed by atoms with van der Waals surface area (Å²) in [5, 5.41) is 6.16. The number of fused-ring (bicyclic) bond motifs is 1. The van der Waals surface area contributed by atoms with Gasteiger partial charge in [0.05, 0.1) is 49.7 Å². The lowest BCUT2D eigenvalue weighted by atomic mass is 10.0. The Kier molecular flexibility index (Phi) is 9.38. The zero-order valence-electron chi connectivity index (χ0n) is 22.0. The van der Waals surface area contributed by atoms with Gasteiger partial charge in [-0.3, -0.25) is 9.78 Å². The Balaban J connectivity index is 1.66. The maximum atomic E-state index is 13.8. The zero-order valence-corrected chi connectivity index (χ0v) is 22.0. The van der Waals surface area contributed by atoms with Gasteiger partial charge in [0.2, 0.25) is 0 Å². The molecule has 1 fully saturated rings. The van der Waals surface area contributed by atoms with Gasteiger partial charge in [-0.05, 0) is 38.2 Å². The Labute approximate surface area is 221 Å². The van der Waals surface area contributed by atoms with Gasteiger partial charge in [0, 0.05) is 56.1 Å². The van der Waals surface area contributed by atoms with Crippen molar-refractivity contribution in [2.45, 2.75) is 13.0 Å². The van der Waals surface area contributed by atoms with E-state index in [-0.39, 0.29) is 11.6 Å². The zero-order chi connectivity index (χ0) is 27.1. The number of halogens is 2. The summed E-state index contributed by atoms with van der Waals surface area (Å²) in [4.78, 5) is 26.5. The summed E-state index contributed by atoms with van der Waals surface area (Å²) >= 11 is 0. The van der Waals surface area contributed by atoms with E-state index in [0.29, 0.717) is 74.0 Å². The van der Waals surface area contributed by atoms with Crippen LogP contribution < -0.4 is 15.5 Å². The van der Waals surface area contributed by atoms with Crippen LogP contribution in [-0.4, -0.2) is 87.5 Å². The third kappa shape index (κ3) is 6.91. The molecule has 1 aliphatic heterocycles. The minimum Gasteiger partial charge on any atom is -0.378 e. The van der Waals surface area contributed by atoms with E-state index < -0.39 is 17.7 Å². The molecule has 11 heteroatoms. The highest BCUT2D eigenvalue weighted by molar-refractivity contribution is 5.98. The van der Waals surface area contributed by atoms with Crippen LogP contribution in [0.15, 0.2) is 36.5 Å². The summed E-state index contributed by atoms with van der Waals surface area (Å²) in [5.41, 5.74) is 2.59. The molecule has 38 heavy (non-hydrogen) atoms. The molecular weight excluding hydrogens is 494 g/mol. The van der Waals surface area contributed by atoms with E-state index in [4.69, 9.17) is 14.5 Å². The van der Waals surface area contributed by atoms with Crippen LogP contribution in [0.1, 0.15) is 28.9 Å². The molecule has 1 aromatic heterocycles. The molecule has 2 heterocycles. The first kappa shape index (κ1) is 27.6. The van der Waals surface area contributed by atoms with Crippen LogP contribution in [0.2, 0.25) is 0 Å². The van der Waals surface area contributed by atoms with Gasteiger partial charge < -0.3 is 29.9 Å². The lowest BCUT2D eigenvalue weighted by molar-refractivity contribution is 0.0700. The molecule has 9 nitrogen and oxygen atoms in total. The first-order valence-corrected chi connectivity index (χ1v) is 12.7. The van der Waals surface area contributed by atoms with E-state index in [1.165, 1.54) is 12.1 Å². The van der Waals surface area contributed by atoms with Crippen molar-refractivity contribution in [3.8, 4) is 0 Å². The molecule has 0 radical (unpaired) electrons. The number of morpholine rings is 1. The standard InChI is InChI=1S/C27H34F2N6O3/c1-18(32-22-15-20(28)14-21(29)16-22)23-12-19(27(36)34(3)5-9-37-8-4-30-2)13-24-26(23)33-25(17-31-24)35-6-10-38-11-7-35/h12-18,30,32H,4-11H2,1-3H3. The van der Waals surface area contributed by atoms with Crippen LogP contribution in [0, 0.1) is 11.6 Å². The average molecular weight is 529 g/mol. The molecule has 1 atom stereocenters. The number of carbonyl (C=O) groups is 1. The van der Waals surface area contributed by atoms with Crippen molar-refractivity contribution < 1.29 is 23.0 Å². The molecule has 0 spiro atoms. The summed E-state index contributed by atoms with van der Waals surface area (Å²) in [6.45, 7) is 6.59. The van der Waals surface area contributed by atoms with Gasteiger partial charge in [-0.15, -0.1) is 0 Å². The number of carbonyl (C=O) groups excluding carboxylic acids is 1. The number of amides is 1. The molecule has 1 unspecified atom stereocenters. The Morgan fingerprint density at radius 1 is 1.16 bits per heavy atom. The van der Waals surface area contributed by atoms with Gasteiger partial charge in [0.1, 0.15) is 17.5 Å². The Morgan fingerprint density at radius 3 is 2.61 bits per heavy atom. The predicted octanol–water partition coefficient (Wildman–Crippen LogP) is 3.23. The minimum atomic E-state index is -0.679. The second-order valence-corrected chi connectivity index (χ2v) is 9.23. The monoisotopic (exact) mass is 528 g/mol. The molecule has 204 valence electrons. The maximum Gasteiger partial charge on any atom is 0.253 e. The van der Waals surface area contributed by atoms with Gasteiger partial charge in [-0.2, -0.15) is 0 Å². The number of likely N-dealkylation sites (N-methyl/N-ethyl adjacent to an activating group) is 2. The van der Waals surface area contributed by atoms with Crippen molar-refractivity contribution in [1.29, 1.82) is 0 Å². The molecule has 0 saturated carbocycles. The van der Waals surface area contributed by atoms with Crippen LogP contribution in [0.3, 0.4) is 0 Å². The first-order valence-electron chi connectivity index (χ1n) is 12.7. The Hall–Kier alpha value is -3.41. The number of ether oxygens (including phenoxy) is 2. The smallest absolute Gasteiger partial charge is 0.253 e. The van der Waals surface area contributed by atoms with E-state index in [1.807, 2.05) is 14.0 Å². The van der Waals surface area contributed by atoms with E-state index in [0.717, 1.165) is 12.6 Å². The van der Waals surface area contributed by atoms with E-state index in [2.05, 4.69) is 20.5 Å². The summed E-state index contributed by atoms with van der Waals surface area (Å²) in [6.07, 6.45) is 1.70. The highest BCUT2D eigenvalue weighted by atomic mass is 19.1. The SMILES string of the molecule is CNCCOCCN(C)C(=O)c1cc(C(C)Nc2cc(F)cc(F)c2)c2nc(N3CCOCC3)cnc2c1. The second kappa shape index (κ2) is 12.9. The maximum absolute atomic E-state index is 13.8. The highest BCUT2D eigenvalue weighted by Gasteiger charge is 2.21. The molecule has 2 N–H and O–H groups in total. The first-order chi connectivity index (χ1) is 18.4. The van der Waals surface area contributed by atoms with Crippen LogP contribution in [0.25, 0.3) is 11.0 Å². The summed E-state index contributed by atoms with van der Waals surface area (Å²) in [7, 11) is 3.57. The van der Waals surface area contributed by atoms with E-state index >= 15 is 0 Å². The molecule has 3 aromatic rings. The molecule has 1 saturated heterocycles. The van der Waals surface area contributed by atoms with Gasteiger partial charge in [-0.1, -0.05) is 0 Å². The molecule has 0 aliphatic carbocycles. The number of benzene rings is 2. The third-order valence-corrected chi connectivity index (χ3v) is 6.37. The number of nitrogens with one attached hydrogen (secondary N) is 2. The van der Waals surface area contributed by atoms with Gasteiger partial charge in [0.15, 0.2) is 0 Å². The summed E-state index contributed by atoms with van der Waals surface area (Å²) < 4.78 is 38.7. The molecule has 0 bridgehead atoms. The number of hydrogen-bond donors (Lipinski definition) is 2. The number of anilines is 2.